The lowest BCUT2D eigenvalue weighted by molar-refractivity contribution is -0.142. The van der Waals surface area contributed by atoms with Crippen LogP contribution in [-0.4, -0.2) is 49.4 Å². The van der Waals surface area contributed by atoms with E-state index < -0.39 is 17.1 Å². The van der Waals surface area contributed by atoms with E-state index in [2.05, 4.69) is 26.6 Å². The van der Waals surface area contributed by atoms with E-state index in [-0.39, 0.29) is 18.1 Å². The fourth-order valence-electron chi connectivity index (χ4n) is 2.00. The molecule has 7 nitrogen and oxygen atoms in total. The minimum Gasteiger partial charge on any atom is -0.493 e. The zero-order chi connectivity index (χ0) is 19.3. The van der Waals surface area contributed by atoms with Gasteiger partial charge in [0.05, 0.1) is 25.7 Å². The van der Waals surface area contributed by atoms with Crippen LogP contribution >= 0.6 is 27.7 Å². The summed E-state index contributed by atoms with van der Waals surface area (Å²) in [5.41, 5.74) is 0.596. The van der Waals surface area contributed by atoms with Crippen molar-refractivity contribution in [3.8, 4) is 23.8 Å². The quantitative estimate of drug-likeness (QED) is 0.382. The molecule has 0 spiro atoms. The molecule has 2 amide bonds. The summed E-state index contributed by atoms with van der Waals surface area (Å²) >= 11 is 4.18. The van der Waals surface area contributed by atoms with Gasteiger partial charge in [-0.2, -0.15) is 0 Å². The van der Waals surface area contributed by atoms with Crippen LogP contribution in [0.5, 0.6) is 11.5 Å². The van der Waals surface area contributed by atoms with Gasteiger partial charge in [-0.25, -0.2) is 4.79 Å². The summed E-state index contributed by atoms with van der Waals surface area (Å²) in [4.78, 5) is 36.6. The first-order valence-electron chi connectivity index (χ1n) is 7.17. The number of hydrogen-bond donors (Lipinski definition) is 0. The summed E-state index contributed by atoms with van der Waals surface area (Å²) in [5, 5.41) is -0.416. The minimum atomic E-state index is -0.533. The second-order valence-electron chi connectivity index (χ2n) is 4.86. The van der Waals surface area contributed by atoms with Crippen molar-refractivity contribution in [2.24, 2.45) is 0 Å². The number of hydrogen-bond acceptors (Lipinski definition) is 7. The van der Waals surface area contributed by atoms with Crippen molar-refractivity contribution in [3.63, 3.8) is 0 Å². The Morgan fingerprint density at radius 3 is 2.69 bits per heavy atom. The van der Waals surface area contributed by atoms with Gasteiger partial charge in [0.2, 0.25) is 0 Å². The molecule has 136 valence electrons. The van der Waals surface area contributed by atoms with Gasteiger partial charge < -0.3 is 14.2 Å². The average Bonchev–Trinajstić information content (AvgIpc) is 2.89. The fraction of sp³-hybridized carbons (Fsp3) is 0.235. The van der Waals surface area contributed by atoms with Gasteiger partial charge in [-0.15, -0.1) is 6.42 Å². The standard InChI is InChI=1S/C17H14BrNO6S/c1-4-5-19-16(21)14(26-17(19)22)7-10-6-12(23-2)13(8-11(10)18)25-9-15(20)24-3/h1,6-8H,5,9H2,2-3H3/b14-7+. The van der Waals surface area contributed by atoms with Gasteiger partial charge in [-0.05, 0) is 35.5 Å². The van der Waals surface area contributed by atoms with E-state index in [1.807, 2.05) is 0 Å². The first-order valence-corrected chi connectivity index (χ1v) is 8.78. The van der Waals surface area contributed by atoms with Gasteiger partial charge in [-0.3, -0.25) is 14.5 Å². The smallest absolute Gasteiger partial charge is 0.343 e. The number of carbonyl (C=O) groups excluding carboxylic acids is 3. The molecule has 1 heterocycles. The number of esters is 1. The van der Waals surface area contributed by atoms with Crippen molar-refractivity contribution in [2.75, 3.05) is 27.4 Å². The van der Waals surface area contributed by atoms with E-state index in [0.29, 0.717) is 21.5 Å². The van der Waals surface area contributed by atoms with Gasteiger partial charge in [0.1, 0.15) is 0 Å². The summed E-state index contributed by atoms with van der Waals surface area (Å²) in [6, 6.07) is 3.21. The maximum Gasteiger partial charge on any atom is 0.343 e. The number of nitrogens with zero attached hydrogens (tertiary/aromatic N) is 1. The number of halogens is 1. The highest BCUT2D eigenvalue weighted by atomic mass is 79.9. The summed E-state index contributed by atoms with van der Waals surface area (Å²) in [7, 11) is 2.70. The zero-order valence-electron chi connectivity index (χ0n) is 13.9. The Morgan fingerprint density at radius 2 is 2.08 bits per heavy atom. The number of ether oxygens (including phenoxy) is 3. The SMILES string of the molecule is C#CCN1C(=O)S/C(=C/c2cc(OC)c(OCC(=O)OC)cc2Br)C1=O. The Morgan fingerprint density at radius 1 is 1.35 bits per heavy atom. The number of terminal acetylenes is 1. The highest BCUT2D eigenvalue weighted by molar-refractivity contribution is 9.10. The number of imide groups is 1. The Bertz CT molecular complexity index is 829. The molecule has 0 atom stereocenters. The molecular formula is C17H14BrNO6S. The predicted molar refractivity (Wildman–Crippen MR) is 99.7 cm³/mol. The van der Waals surface area contributed by atoms with Gasteiger partial charge in [-0.1, -0.05) is 21.9 Å². The third-order valence-electron chi connectivity index (χ3n) is 3.27. The predicted octanol–water partition coefficient (Wildman–Crippen LogP) is 2.68. The molecule has 0 bridgehead atoms. The topological polar surface area (TPSA) is 82.1 Å². The maximum atomic E-state index is 12.3. The van der Waals surface area contributed by atoms with Crippen LogP contribution in [0, 0.1) is 12.3 Å². The van der Waals surface area contributed by atoms with Crippen LogP contribution in [0.4, 0.5) is 4.79 Å². The Labute approximate surface area is 162 Å². The Hall–Kier alpha value is -2.44. The Balaban J connectivity index is 2.31. The molecule has 1 aromatic carbocycles. The lowest BCUT2D eigenvalue weighted by Crippen LogP contribution is -2.28. The number of methoxy groups -OCH3 is 2. The molecule has 2 rings (SSSR count). The fourth-order valence-corrected chi connectivity index (χ4v) is 3.26. The maximum absolute atomic E-state index is 12.3. The molecule has 0 aromatic heterocycles. The molecule has 1 aromatic rings. The third kappa shape index (κ3) is 4.39. The van der Waals surface area contributed by atoms with Crippen molar-refractivity contribution in [1.82, 2.24) is 4.90 Å². The monoisotopic (exact) mass is 439 g/mol. The van der Waals surface area contributed by atoms with E-state index >= 15 is 0 Å². The molecular weight excluding hydrogens is 426 g/mol. The van der Waals surface area contributed by atoms with E-state index in [1.165, 1.54) is 14.2 Å². The third-order valence-corrected chi connectivity index (χ3v) is 4.86. The van der Waals surface area contributed by atoms with Crippen molar-refractivity contribution in [1.29, 1.82) is 0 Å². The first kappa shape index (κ1) is 19.9. The molecule has 1 aliphatic heterocycles. The molecule has 0 aliphatic carbocycles. The van der Waals surface area contributed by atoms with E-state index in [0.717, 1.165) is 16.7 Å². The largest absolute Gasteiger partial charge is 0.493 e. The molecule has 0 saturated carbocycles. The average molecular weight is 440 g/mol. The Kier molecular flexibility index (Phi) is 6.71. The van der Waals surface area contributed by atoms with Gasteiger partial charge in [0, 0.05) is 4.47 Å². The zero-order valence-corrected chi connectivity index (χ0v) is 16.3. The van der Waals surface area contributed by atoms with Gasteiger partial charge in [0.15, 0.2) is 18.1 Å². The van der Waals surface area contributed by atoms with Crippen LogP contribution in [0.2, 0.25) is 0 Å². The van der Waals surface area contributed by atoms with E-state index in [9.17, 15) is 14.4 Å². The van der Waals surface area contributed by atoms with Crippen LogP contribution < -0.4 is 9.47 Å². The number of carbonyl (C=O) groups is 3. The summed E-state index contributed by atoms with van der Waals surface area (Å²) in [5.74, 6) is 1.97. The molecule has 0 N–H and O–H groups in total. The van der Waals surface area contributed by atoms with Crippen LogP contribution in [0.1, 0.15) is 5.56 Å². The lowest BCUT2D eigenvalue weighted by Gasteiger charge is -2.12. The highest BCUT2D eigenvalue weighted by Crippen LogP contribution is 2.37. The van der Waals surface area contributed by atoms with Crippen molar-refractivity contribution >= 4 is 50.9 Å². The number of benzene rings is 1. The number of thioether (sulfide) groups is 1. The first-order chi connectivity index (χ1) is 12.4. The van der Waals surface area contributed by atoms with Gasteiger partial charge in [0.25, 0.3) is 11.1 Å². The molecule has 0 radical (unpaired) electrons. The van der Waals surface area contributed by atoms with Crippen molar-refractivity contribution in [3.05, 3.63) is 27.1 Å². The molecule has 1 fully saturated rings. The van der Waals surface area contributed by atoms with Crippen LogP contribution in [0.15, 0.2) is 21.5 Å². The van der Waals surface area contributed by atoms with Crippen LogP contribution in [0.25, 0.3) is 6.08 Å². The van der Waals surface area contributed by atoms with E-state index in [1.54, 1.807) is 18.2 Å². The molecule has 26 heavy (non-hydrogen) atoms. The van der Waals surface area contributed by atoms with Crippen LogP contribution in [0.3, 0.4) is 0 Å². The normalized spacial score (nSPS) is 15.2. The summed E-state index contributed by atoms with van der Waals surface area (Å²) in [6.07, 6.45) is 6.73. The van der Waals surface area contributed by atoms with Crippen LogP contribution in [-0.2, 0) is 14.3 Å². The lowest BCUT2D eigenvalue weighted by atomic mass is 10.2. The van der Waals surface area contributed by atoms with Crippen molar-refractivity contribution < 1.29 is 28.6 Å². The summed E-state index contributed by atoms with van der Waals surface area (Å²) < 4.78 is 15.7. The molecule has 0 unspecified atom stereocenters. The highest BCUT2D eigenvalue weighted by Gasteiger charge is 2.34. The second kappa shape index (κ2) is 8.78. The van der Waals surface area contributed by atoms with Crippen molar-refractivity contribution in [2.45, 2.75) is 0 Å². The number of amides is 2. The molecule has 1 aliphatic rings. The van der Waals surface area contributed by atoms with E-state index in [4.69, 9.17) is 15.9 Å². The number of rotatable bonds is 6. The summed E-state index contributed by atoms with van der Waals surface area (Å²) in [6.45, 7) is -0.351. The second-order valence-corrected chi connectivity index (χ2v) is 6.71. The molecule has 1 saturated heterocycles. The minimum absolute atomic E-state index is 0.0766. The molecule has 9 heteroatoms. The van der Waals surface area contributed by atoms with Gasteiger partial charge >= 0.3 is 5.97 Å².